The summed E-state index contributed by atoms with van der Waals surface area (Å²) in [6, 6.07) is 64.4. The van der Waals surface area contributed by atoms with Crippen LogP contribution in [0.3, 0.4) is 0 Å². The third kappa shape index (κ3) is 4.81. The van der Waals surface area contributed by atoms with Crippen LogP contribution >= 0.6 is 11.3 Å². The predicted octanol–water partition coefficient (Wildman–Crippen LogP) is 14.5. The zero-order valence-corrected chi connectivity index (χ0v) is 32.2. The molecule has 0 N–H and O–H groups in total. The van der Waals surface area contributed by atoms with E-state index in [0.29, 0.717) is 17.5 Å². The van der Waals surface area contributed by atoms with E-state index in [1.54, 1.807) is 11.3 Å². The highest BCUT2D eigenvalue weighted by atomic mass is 32.1. The minimum Gasteiger partial charge on any atom is -0.455 e. The van der Waals surface area contributed by atoms with Gasteiger partial charge in [-0.05, 0) is 64.0 Å². The summed E-state index contributed by atoms with van der Waals surface area (Å²) in [5.74, 6) is 1.78. The summed E-state index contributed by atoms with van der Waals surface area (Å²) < 4.78 is 11.3. The van der Waals surface area contributed by atoms with Crippen LogP contribution in [0, 0.1) is 0 Å². The van der Waals surface area contributed by atoms with Crippen molar-refractivity contribution in [1.29, 1.82) is 0 Å². The molecular formula is C53H30N4OS. The summed E-state index contributed by atoms with van der Waals surface area (Å²) >= 11 is 1.78. The molecule has 0 unspecified atom stereocenters. The molecule has 0 aliphatic rings. The summed E-state index contributed by atoms with van der Waals surface area (Å²) in [4.78, 5) is 15.9. The fourth-order valence-corrected chi connectivity index (χ4v) is 10.4. The second-order valence-electron chi connectivity index (χ2n) is 15.1. The van der Waals surface area contributed by atoms with Gasteiger partial charge in [0.2, 0.25) is 0 Å². The smallest absolute Gasteiger partial charge is 0.167 e. The molecule has 0 bridgehead atoms. The van der Waals surface area contributed by atoms with Crippen LogP contribution in [-0.2, 0) is 0 Å². The Bertz CT molecular complexity index is 3770. The van der Waals surface area contributed by atoms with Crippen molar-refractivity contribution >= 4 is 96.8 Å². The monoisotopic (exact) mass is 770 g/mol. The molecule has 0 spiro atoms. The zero-order valence-electron chi connectivity index (χ0n) is 31.4. The maximum Gasteiger partial charge on any atom is 0.167 e. The highest BCUT2D eigenvalue weighted by Gasteiger charge is 2.23. The first-order valence-corrected chi connectivity index (χ1v) is 20.6. The highest BCUT2D eigenvalue weighted by Crippen LogP contribution is 2.45. The average Bonchev–Trinajstić information content (AvgIpc) is 3.99. The van der Waals surface area contributed by atoms with Crippen molar-refractivity contribution in [3.8, 4) is 39.9 Å². The third-order valence-electron chi connectivity index (χ3n) is 11.8. The maximum atomic E-state index is 6.55. The zero-order chi connectivity index (χ0) is 38.6. The molecule has 4 aromatic heterocycles. The first-order valence-electron chi connectivity index (χ1n) is 19.8. The minimum atomic E-state index is 0.563. The topological polar surface area (TPSA) is 56.7 Å². The number of benzene rings is 9. The van der Waals surface area contributed by atoms with Crippen molar-refractivity contribution in [1.82, 2.24) is 19.5 Å². The van der Waals surface area contributed by atoms with Crippen molar-refractivity contribution in [2.75, 3.05) is 0 Å². The normalized spacial score (nSPS) is 12.1. The quantitative estimate of drug-likeness (QED) is 0.179. The molecule has 0 atom stereocenters. The predicted molar refractivity (Wildman–Crippen MR) is 246 cm³/mol. The number of furan rings is 1. The Morgan fingerprint density at radius 2 is 1.02 bits per heavy atom. The van der Waals surface area contributed by atoms with Crippen molar-refractivity contribution in [3.05, 3.63) is 182 Å². The molecule has 6 heteroatoms. The van der Waals surface area contributed by atoms with E-state index in [-0.39, 0.29) is 0 Å². The molecule has 0 saturated heterocycles. The SMILES string of the molecule is c1ccc(-c2nc(-c3cccc4c3oc3ccccc34)nc(-c3cc(-n4c5ccc6ccccc6c5c5c6ccccc6ccc54)cc4c3sc3ccccc34)n2)cc1. The lowest BCUT2D eigenvalue weighted by atomic mass is 10.00. The van der Waals surface area contributed by atoms with Gasteiger partial charge in [-0.25, -0.2) is 15.0 Å². The summed E-state index contributed by atoms with van der Waals surface area (Å²) in [6.07, 6.45) is 0. The number of aromatic nitrogens is 4. The van der Waals surface area contributed by atoms with Crippen LogP contribution in [0.4, 0.5) is 0 Å². The van der Waals surface area contributed by atoms with E-state index in [2.05, 4.69) is 150 Å². The fraction of sp³-hybridized carbons (Fsp3) is 0. The van der Waals surface area contributed by atoms with Gasteiger partial charge in [-0.3, -0.25) is 0 Å². The molecule has 0 aliphatic carbocycles. The Morgan fingerprint density at radius 3 is 1.76 bits per heavy atom. The molecule has 0 radical (unpaired) electrons. The molecule has 13 rings (SSSR count). The van der Waals surface area contributed by atoms with E-state index in [0.717, 1.165) is 65.4 Å². The lowest BCUT2D eigenvalue weighted by molar-refractivity contribution is 0.669. The summed E-state index contributed by atoms with van der Waals surface area (Å²) in [5, 5.41) is 11.9. The van der Waals surface area contributed by atoms with Crippen LogP contribution in [0.5, 0.6) is 0 Å². The van der Waals surface area contributed by atoms with Crippen molar-refractivity contribution < 1.29 is 4.42 Å². The number of nitrogens with zero attached hydrogens (tertiary/aromatic N) is 4. The number of para-hydroxylation sites is 2. The number of thiophene rings is 1. The Hall–Kier alpha value is -7.67. The molecule has 0 amide bonds. The number of hydrogen-bond acceptors (Lipinski definition) is 5. The van der Waals surface area contributed by atoms with E-state index < -0.39 is 0 Å². The summed E-state index contributed by atoms with van der Waals surface area (Å²) in [7, 11) is 0. The Labute approximate surface area is 341 Å². The van der Waals surface area contributed by atoms with Gasteiger partial charge in [0.05, 0.1) is 16.6 Å². The molecule has 13 aromatic rings. The van der Waals surface area contributed by atoms with Crippen LogP contribution in [0.25, 0.3) is 125 Å². The van der Waals surface area contributed by atoms with E-state index in [1.807, 2.05) is 36.4 Å². The first-order chi connectivity index (χ1) is 29.2. The van der Waals surface area contributed by atoms with Crippen LogP contribution in [0.2, 0.25) is 0 Å². The molecule has 0 fully saturated rings. The van der Waals surface area contributed by atoms with Crippen LogP contribution in [-0.4, -0.2) is 19.5 Å². The van der Waals surface area contributed by atoms with Gasteiger partial charge in [-0.2, -0.15) is 0 Å². The van der Waals surface area contributed by atoms with Crippen molar-refractivity contribution in [2.24, 2.45) is 0 Å². The van der Waals surface area contributed by atoms with Gasteiger partial charge in [0.1, 0.15) is 11.2 Å². The largest absolute Gasteiger partial charge is 0.455 e. The van der Waals surface area contributed by atoms with Crippen molar-refractivity contribution in [2.45, 2.75) is 0 Å². The van der Waals surface area contributed by atoms with Gasteiger partial charge in [0, 0.05) is 58.5 Å². The molecule has 0 saturated carbocycles. The molecule has 9 aromatic carbocycles. The number of hydrogen-bond donors (Lipinski definition) is 0. The first kappa shape index (κ1) is 32.4. The molecule has 4 heterocycles. The van der Waals surface area contributed by atoms with E-state index in [4.69, 9.17) is 19.4 Å². The molecule has 0 aliphatic heterocycles. The van der Waals surface area contributed by atoms with Gasteiger partial charge < -0.3 is 8.98 Å². The highest BCUT2D eigenvalue weighted by molar-refractivity contribution is 7.26. The van der Waals surface area contributed by atoms with Gasteiger partial charge in [-0.1, -0.05) is 140 Å². The van der Waals surface area contributed by atoms with Gasteiger partial charge >= 0.3 is 0 Å². The van der Waals surface area contributed by atoms with E-state index in [9.17, 15) is 0 Å². The molecule has 59 heavy (non-hydrogen) atoms. The molecule has 5 nitrogen and oxygen atoms in total. The average molecular weight is 771 g/mol. The standard InChI is InChI=1S/C53H30N4OS/c1-2-15-33(16-3-1)51-54-52(40-22-12-21-39-37-19-8-10-23-45(37)58-49(39)40)56-53(55-51)42-30-34(29-41-38-20-9-11-24-46(38)59-50(41)42)57-43-27-25-31-13-4-6-17-35(31)47(43)48-36-18-7-5-14-32(36)26-28-44(48)57/h1-30H. The van der Waals surface area contributed by atoms with Crippen LogP contribution < -0.4 is 0 Å². The van der Waals surface area contributed by atoms with Gasteiger partial charge in [-0.15, -0.1) is 11.3 Å². The molecule has 274 valence electrons. The Morgan fingerprint density at radius 1 is 0.424 bits per heavy atom. The van der Waals surface area contributed by atoms with Crippen molar-refractivity contribution in [3.63, 3.8) is 0 Å². The van der Waals surface area contributed by atoms with Crippen LogP contribution in [0.1, 0.15) is 0 Å². The Balaban J connectivity index is 1.15. The number of fused-ring (bicyclic) bond motifs is 13. The van der Waals surface area contributed by atoms with E-state index >= 15 is 0 Å². The maximum absolute atomic E-state index is 6.55. The second-order valence-corrected chi connectivity index (χ2v) is 16.2. The van der Waals surface area contributed by atoms with Gasteiger partial charge in [0.25, 0.3) is 0 Å². The minimum absolute atomic E-state index is 0.563. The summed E-state index contributed by atoms with van der Waals surface area (Å²) in [5.41, 5.74) is 7.63. The summed E-state index contributed by atoms with van der Waals surface area (Å²) in [6.45, 7) is 0. The van der Waals surface area contributed by atoms with Gasteiger partial charge in [0.15, 0.2) is 17.5 Å². The number of rotatable bonds is 4. The Kier molecular flexibility index (Phi) is 6.82. The lowest BCUT2D eigenvalue weighted by Crippen LogP contribution is -2.01. The fourth-order valence-electron chi connectivity index (χ4n) is 9.19. The lowest BCUT2D eigenvalue weighted by Gasteiger charge is -2.13. The van der Waals surface area contributed by atoms with E-state index in [1.165, 1.54) is 42.4 Å². The third-order valence-corrected chi connectivity index (χ3v) is 13.0. The molecular weight excluding hydrogens is 741 g/mol. The van der Waals surface area contributed by atoms with Crippen LogP contribution in [0.15, 0.2) is 186 Å². The second kappa shape index (κ2) is 12.4.